The summed E-state index contributed by atoms with van der Waals surface area (Å²) < 4.78 is 2.62. The summed E-state index contributed by atoms with van der Waals surface area (Å²) in [6, 6.07) is 55.8. The third-order valence-corrected chi connectivity index (χ3v) is 10.9. The van der Waals surface area contributed by atoms with Gasteiger partial charge in [-0.2, -0.15) is 0 Å². The van der Waals surface area contributed by atoms with Gasteiger partial charge < -0.3 is 4.90 Å². The van der Waals surface area contributed by atoms with E-state index in [-0.39, 0.29) is 5.41 Å². The molecular formula is C43H31NS. The number of hydrogen-bond donors (Lipinski definition) is 0. The summed E-state index contributed by atoms with van der Waals surface area (Å²) in [4.78, 5) is 2.46. The molecule has 0 aliphatic heterocycles. The van der Waals surface area contributed by atoms with Gasteiger partial charge in [-0.15, -0.1) is 11.3 Å². The summed E-state index contributed by atoms with van der Waals surface area (Å²) in [5.74, 6) is 0. The van der Waals surface area contributed by atoms with E-state index in [1.165, 1.54) is 75.7 Å². The molecule has 0 N–H and O–H groups in total. The van der Waals surface area contributed by atoms with Crippen molar-refractivity contribution in [3.8, 4) is 22.3 Å². The third kappa shape index (κ3) is 3.99. The van der Waals surface area contributed by atoms with E-state index in [9.17, 15) is 0 Å². The number of hydrogen-bond acceptors (Lipinski definition) is 2. The van der Waals surface area contributed by atoms with Gasteiger partial charge in [-0.3, -0.25) is 0 Å². The molecule has 214 valence electrons. The predicted molar refractivity (Wildman–Crippen MR) is 195 cm³/mol. The molecule has 1 aromatic heterocycles. The van der Waals surface area contributed by atoms with Crippen LogP contribution in [-0.4, -0.2) is 0 Å². The number of fused-ring (bicyclic) bond motifs is 8. The van der Waals surface area contributed by atoms with E-state index in [2.05, 4.69) is 170 Å². The molecule has 0 amide bonds. The highest BCUT2D eigenvalue weighted by molar-refractivity contribution is 7.26. The lowest BCUT2D eigenvalue weighted by Gasteiger charge is -2.28. The normalized spacial score (nSPS) is 13.3. The molecule has 0 fully saturated rings. The maximum atomic E-state index is 2.46. The van der Waals surface area contributed by atoms with E-state index in [0.29, 0.717) is 0 Å². The second kappa shape index (κ2) is 9.92. The molecule has 9 rings (SSSR count). The van der Waals surface area contributed by atoms with Crippen LogP contribution in [0.3, 0.4) is 0 Å². The summed E-state index contributed by atoms with van der Waals surface area (Å²) in [6.45, 7) is 4.69. The Morgan fingerprint density at radius 1 is 0.511 bits per heavy atom. The van der Waals surface area contributed by atoms with Crippen LogP contribution >= 0.6 is 11.3 Å². The molecule has 7 aromatic carbocycles. The molecule has 45 heavy (non-hydrogen) atoms. The Labute approximate surface area is 267 Å². The maximum absolute atomic E-state index is 2.46. The van der Waals surface area contributed by atoms with Gasteiger partial charge in [0.2, 0.25) is 0 Å². The highest BCUT2D eigenvalue weighted by atomic mass is 32.1. The molecule has 0 saturated heterocycles. The Morgan fingerprint density at radius 3 is 2.07 bits per heavy atom. The Balaban J connectivity index is 1.29. The lowest BCUT2D eigenvalue weighted by atomic mass is 9.82. The van der Waals surface area contributed by atoms with Gasteiger partial charge >= 0.3 is 0 Å². The van der Waals surface area contributed by atoms with Crippen molar-refractivity contribution >= 4 is 59.3 Å². The summed E-state index contributed by atoms with van der Waals surface area (Å²) in [5, 5.41) is 5.25. The molecule has 1 nitrogen and oxygen atoms in total. The van der Waals surface area contributed by atoms with Crippen LogP contribution in [0.4, 0.5) is 17.1 Å². The fourth-order valence-electron chi connectivity index (χ4n) is 7.44. The van der Waals surface area contributed by atoms with Gasteiger partial charge in [-0.25, -0.2) is 0 Å². The predicted octanol–water partition coefficient (Wildman–Crippen LogP) is 12.7. The monoisotopic (exact) mass is 593 g/mol. The van der Waals surface area contributed by atoms with Crippen molar-refractivity contribution in [3.63, 3.8) is 0 Å². The van der Waals surface area contributed by atoms with Crippen molar-refractivity contribution in [2.45, 2.75) is 19.3 Å². The van der Waals surface area contributed by atoms with Crippen molar-refractivity contribution in [1.82, 2.24) is 0 Å². The van der Waals surface area contributed by atoms with Crippen LogP contribution in [0.25, 0.3) is 53.2 Å². The highest BCUT2D eigenvalue weighted by Crippen LogP contribution is 2.52. The van der Waals surface area contributed by atoms with Crippen LogP contribution in [0, 0.1) is 0 Å². The molecule has 1 heterocycles. The first-order chi connectivity index (χ1) is 22.1. The largest absolute Gasteiger partial charge is 0.309 e. The van der Waals surface area contributed by atoms with E-state index in [4.69, 9.17) is 0 Å². The van der Waals surface area contributed by atoms with Crippen LogP contribution in [0.1, 0.15) is 25.0 Å². The van der Waals surface area contributed by atoms with Crippen LogP contribution in [-0.2, 0) is 5.41 Å². The summed E-state index contributed by atoms with van der Waals surface area (Å²) >= 11 is 1.89. The minimum atomic E-state index is -0.0286. The third-order valence-electron chi connectivity index (χ3n) is 9.67. The summed E-state index contributed by atoms with van der Waals surface area (Å²) in [5.41, 5.74) is 11.4. The molecule has 8 aromatic rings. The van der Waals surface area contributed by atoms with Crippen LogP contribution in [0.2, 0.25) is 0 Å². The zero-order valence-corrected chi connectivity index (χ0v) is 26.1. The van der Waals surface area contributed by atoms with Gasteiger partial charge in [-0.1, -0.05) is 129 Å². The summed E-state index contributed by atoms with van der Waals surface area (Å²) in [6.07, 6.45) is 0. The molecule has 1 aliphatic rings. The SMILES string of the molecule is CC1(C)c2ccccc2-c2cc(N(c3ccc(-c4ccccc4)cc3)c3cccc4c3sc3ccc5ccccc5c34)ccc21. The van der Waals surface area contributed by atoms with Crippen molar-refractivity contribution in [3.05, 3.63) is 163 Å². The molecule has 0 unspecified atom stereocenters. The maximum Gasteiger partial charge on any atom is 0.0640 e. The van der Waals surface area contributed by atoms with Crippen molar-refractivity contribution in [2.24, 2.45) is 0 Å². The van der Waals surface area contributed by atoms with E-state index >= 15 is 0 Å². The quantitative estimate of drug-likeness (QED) is 0.196. The molecule has 0 bridgehead atoms. The average molecular weight is 594 g/mol. The Hall–Kier alpha value is -5.18. The highest BCUT2D eigenvalue weighted by Gasteiger charge is 2.35. The van der Waals surface area contributed by atoms with E-state index in [1.807, 2.05) is 11.3 Å². The lowest BCUT2D eigenvalue weighted by Crippen LogP contribution is -2.15. The van der Waals surface area contributed by atoms with E-state index in [1.54, 1.807) is 0 Å². The number of nitrogens with zero attached hydrogens (tertiary/aromatic N) is 1. The first-order valence-electron chi connectivity index (χ1n) is 15.6. The number of anilines is 3. The smallest absolute Gasteiger partial charge is 0.0640 e. The first kappa shape index (κ1) is 26.2. The number of rotatable bonds is 4. The molecule has 2 heteroatoms. The van der Waals surface area contributed by atoms with Crippen molar-refractivity contribution in [1.29, 1.82) is 0 Å². The number of benzene rings is 7. The average Bonchev–Trinajstić information content (AvgIpc) is 3.59. The van der Waals surface area contributed by atoms with Gasteiger partial charge in [0.1, 0.15) is 0 Å². The molecule has 0 saturated carbocycles. The van der Waals surface area contributed by atoms with Crippen molar-refractivity contribution < 1.29 is 0 Å². The lowest BCUT2D eigenvalue weighted by molar-refractivity contribution is 0.660. The molecule has 0 spiro atoms. The number of thiophene rings is 1. The van der Waals surface area contributed by atoms with Crippen LogP contribution in [0.5, 0.6) is 0 Å². The molecule has 1 aliphatic carbocycles. The fraction of sp³-hybridized carbons (Fsp3) is 0.0698. The van der Waals surface area contributed by atoms with Gasteiger partial charge in [0.15, 0.2) is 0 Å². The van der Waals surface area contributed by atoms with E-state index < -0.39 is 0 Å². The Kier molecular flexibility index (Phi) is 5.78. The van der Waals surface area contributed by atoms with Gasteiger partial charge in [0, 0.05) is 32.3 Å². The van der Waals surface area contributed by atoms with Gasteiger partial charge in [-0.05, 0) is 80.6 Å². The minimum Gasteiger partial charge on any atom is -0.309 e. The summed E-state index contributed by atoms with van der Waals surface area (Å²) in [7, 11) is 0. The molecule has 0 radical (unpaired) electrons. The Morgan fingerprint density at radius 2 is 1.20 bits per heavy atom. The fourth-order valence-corrected chi connectivity index (χ4v) is 8.66. The molecular weight excluding hydrogens is 563 g/mol. The minimum absolute atomic E-state index is 0.0286. The topological polar surface area (TPSA) is 3.24 Å². The second-order valence-corrected chi connectivity index (χ2v) is 13.6. The molecule has 0 atom stereocenters. The van der Waals surface area contributed by atoms with E-state index in [0.717, 1.165) is 5.69 Å². The van der Waals surface area contributed by atoms with Crippen LogP contribution in [0.15, 0.2) is 152 Å². The zero-order valence-electron chi connectivity index (χ0n) is 25.3. The second-order valence-electron chi connectivity index (χ2n) is 12.6. The van der Waals surface area contributed by atoms with Gasteiger partial charge in [0.05, 0.1) is 10.4 Å². The van der Waals surface area contributed by atoms with Crippen molar-refractivity contribution in [2.75, 3.05) is 4.90 Å². The van der Waals surface area contributed by atoms with Crippen LogP contribution < -0.4 is 4.90 Å². The van der Waals surface area contributed by atoms with Gasteiger partial charge in [0.25, 0.3) is 0 Å². The first-order valence-corrected chi connectivity index (χ1v) is 16.4. The zero-order chi connectivity index (χ0) is 30.1. The standard InChI is InChI=1S/C43H31NS/c1-43(2)37-17-9-8-15-34(37)36-27-32(24-25-38(36)43)44(31-22-19-29(20-23-31)28-11-4-3-5-12-28)39-18-10-16-35-41-33-14-7-6-13-30(33)21-26-40(41)45-42(35)39/h3-27H,1-2H3. The Bertz CT molecular complexity index is 2400.